The summed E-state index contributed by atoms with van der Waals surface area (Å²) in [6.45, 7) is 2.38. The highest BCUT2D eigenvalue weighted by Gasteiger charge is 2.11. The number of aliphatic hydroxyl groups excluding tert-OH is 1. The molecule has 0 saturated heterocycles. The van der Waals surface area contributed by atoms with Crippen LogP contribution in [0.5, 0.6) is 5.75 Å². The van der Waals surface area contributed by atoms with Gasteiger partial charge in [-0.15, -0.1) is 0 Å². The van der Waals surface area contributed by atoms with E-state index in [2.05, 4.69) is 5.32 Å². The fourth-order valence-electron chi connectivity index (χ4n) is 1.62. The van der Waals surface area contributed by atoms with Gasteiger partial charge in [-0.05, 0) is 25.5 Å². The van der Waals surface area contributed by atoms with Crippen LogP contribution in [0.4, 0.5) is 4.39 Å². The van der Waals surface area contributed by atoms with Crippen LogP contribution in [0, 0.1) is 5.82 Å². The number of hydrogen-bond donors (Lipinski definition) is 2. The zero-order valence-corrected chi connectivity index (χ0v) is 11.7. The average molecular weight is 285 g/mol. The number of rotatable bonds is 8. The Morgan fingerprint density at radius 1 is 1.50 bits per heavy atom. The smallest absolute Gasteiger partial charge is 0.257 e. The van der Waals surface area contributed by atoms with Gasteiger partial charge in [-0.1, -0.05) is 0 Å². The van der Waals surface area contributed by atoms with Gasteiger partial charge in [-0.3, -0.25) is 4.79 Å². The lowest BCUT2D eigenvalue weighted by molar-refractivity contribution is -0.123. The summed E-state index contributed by atoms with van der Waals surface area (Å²) in [5.41, 5.74) is 0.443. The number of amides is 1. The second-order valence-electron chi connectivity index (χ2n) is 4.34. The maximum absolute atomic E-state index is 13.1. The molecule has 0 radical (unpaired) electrons. The summed E-state index contributed by atoms with van der Waals surface area (Å²) in [5.74, 6) is -0.612. The summed E-state index contributed by atoms with van der Waals surface area (Å²) in [5, 5.41) is 12.2. The van der Waals surface area contributed by atoms with Gasteiger partial charge in [0.05, 0.1) is 6.10 Å². The number of nitrogens with one attached hydrogen (secondary N) is 1. The molecular formula is C14H20FNO4. The summed E-state index contributed by atoms with van der Waals surface area (Å²) >= 11 is 0. The Hall–Kier alpha value is -1.66. The maximum atomic E-state index is 13.1. The van der Waals surface area contributed by atoms with Crippen molar-refractivity contribution in [2.45, 2.75) is 19.4 Å². The van der Waals surface area contributed by atoms with Crippen molar-refractivity contribution in [1.29, 1.82) is 0 Å². The van der Waals surface area contributed by atoms with E-state index in [9.17, 15) is 14.3 Å². The Kier molecular flexibility index (Phi) is 6.97. The fourth-order valence-corrected chi connectivity index (χ4v) is 1.62. The van der Waals surface area contributed by atoms with Crippen LogP contribution in [0.25, 0.3) is 0 Å². The molecule has 0 saturated carbocycles. The van der Waals surface area contributed by atoms with Crippen molar-refractivity contribution in [3.63, 3.8) is 0 Å². The van der Waals surface area contributed by atoms with Crippen molar-refractivity contribution < 1.29 is 23.8 Å². The molecular weight excluding hydrogens is 265 g/mol. The molecule has 0 aliphatic rings. The molecule has 5 nitrogen and oxygen atoms in total. The highest BCUT2D eigenvalue weighted by atomic mass is 19.1. The second kappa shape index (κ2) is 8.50. The largest absolute Gasteiger partial charge is 0.483 e. The molecule has 0 fully saturated rings. The first kappa shape index (κ1) is 16.4. The molecule has 0 aromatic heterocycles. The van der Waals surface area contributed by atoms with E-state index in [0.29, 0.717) is 25.1 Å². The van der Waals surface area contributed by atoms with Crippen LogP contribution in [0.15, 0.2) is 18.2 Å². The van der Waals surface area contributed by atoms with Gasteiger partial charge in [0.25, 0.3) is 5.91 Å². The van der Waals surface area contributed by atoms with Crippen molar-refractivity contribution in [2.24, 2.45) is 0 Å². The van der Waals surface area contributed by atoms with Crippen LogP contribution in [0.1, 0.15) is 25.0 Å². The zero-order chi connectivity index (χ0) is 15.0. The molecule has 1 rings (SSSR count). The number of benzene rings is 1. The summed E-state index contributed by atoms with van der Waals surface area (Å²) < 4.78 is 23.3. The third-order valence-corrected chi connectivity index (χ3v) is 2.63. The van der Waals surface area contributed by atoms with Crippen molar-refractivity contribution in [2.75, 3.05) is 26.9 Å². The normalized spacial score (nSPS) is 12.0. The highest BCUT2D eigenvalue weighted by molar-refractivity contribution is 5.77. The quantitative estimate of drug-likeness (QED) is 0.709. The molecule has 0 spiro atoms. The lowest BCUT2D eigenvalue weighted by Crippen LogP contribution is -2.30. The van der Waals surface area contributed by atoms with Gasteiger partial charge in [0, 0.05) is 31.9 Å². The molecule has 20 heavy (non-hydrogen) atoms. The first-order chi connectivity index (χ1) is 9.54. The van der Waals surface area contributed by atoms with Crippen LogP contribution in [-0.4, -0.2) is 37.9 Å². The minimum atomic E-state index is -0.796. The number of ether oxygens (including phenoxy) is 2. The maximum Gasteiger partial charge on any atom is 0.257 e. The van der Waals surface area contributed by atoms with Crippen LogP contribution >= 0.6 is 0 Å². The van der Waals surface area contributed by atoms with E-state index in [1.165, 1.54) is 12.1 Å². The fraction of sp³-hybridized carbons (Fsp3) is 0.500. The van der Waals surface area contributed by atoms with E-state index in [1.807, 2.05) is 0 Å². The van der Waals surface area contributed by atoms with Crippen LogP contribution in [0.2, 0.25) is 0 Å². The first-order valence-corrected chi connectivity index (χ1v) is 6.40. The minimum Gasteiger partial charge on any atom is -0.483 e. The van der Waals surface area contributed by atoms with Gasteiger partial charge in [0.2, 0.25) is 0 Å². The summed E-state index contributed by atoms with van der Waals surface area (Å²) in [6, 6.07) is 3.83. The SMILES string of the molecule is COCCCNC(=O)COc1cc(F)ccc1[C@H](C)O. The number of halogens is 1. The van der Waals surface area contributed by atoms with Gasteiger partial charge in [0.15, 0.2) is 6.61 Å². The molecule has 0 unspecified atom stereocenters. The number of carbonyl (C=O) groups is 1. The molecule has 1 aromatic carbocycles. The monoisotopic (exact) mass is 285 g/mol. The Morgan fingerprint density at radius 2 is 2.25 bits per heavy atom. The second-order valence-corrected chi connectivity index (χ2v) is 4.34. The number of methoxy groups -OCH3 is 1. The molecule has 6 heteroatoms. The van der Waals surface area contributed by atoms with Crippen molar-refractivity contribution in [1.82, 2.24) is 5.32 Å². The van der Waals surface area contributed by atoms with E-state index >= 15 is 0 Å². The van der Waals surface area contributed by atoms with Crippen molar-refractivity contribution >= 4 is 5.91 Å². The Morgan fingerprint density at radius 3 is 2.90 bits per heavy atom. The van der Waals surface area contributed by atoms with E-state index < -0.39 is 11.9 Å². The Balaban J connectivity index is 2.48. The van der Waals surface area contributed by atoms with Crippen LogP contribution in [-0.2, 0) is 9.53 Å². The van der Waals surface area contributed by atoms with Gasteiger partial charge in [0.1, 0.15) is 11.6 Å². The molecule has 0 bridgehead atoms. The Labute approximate surface area is 117 Å². The van der Waals surface area contributed by atoms with Gasteiger partial charge < -0.3 is 19.9 Å². The summed E-state index contributed by atoms with van der Waals surface area (Å²) in [6.07, 6.45) is -0.0865. The highest BCUT2D eigenvalue weighted by Crippen LogP contribution is 2.25. The molecule has 0 aliphatic carbocycles. The Bertz CT molecular complexity index is 437. The third-order valence-electron chi connectivity index (χ3n) is 2.63. The molecule has 1 atom stereocenters. The average Bonchev–Trinajstić information content (AvgIpc) is 2.41. The van der Waals surface area contributed by atoms with Crippen LogP contribution < -0.4 is 10.1 Å². The van der Waals surface area contributed by atoms with E-state index in [1.54, 1.807) is 14.0 Å². The predicted octanol–water partition coefficient (Wildman–Crippen LogP) is 1.41. The number of hydrogen-bond acceptors (Lipinski definition) is 4. The molecule has 1 aromatic rings. The van der Waals surface area contributed by atoms with Gasteiger partial charge in [-0.2, -0.15) is 0 Å². The molecule has 0 aliphatic heterocycles. The molecule has 1 amide bonds. The lowest BCUT2D eigenvalue weighted by atomic mass is 10.1. The van der Waals surface area contributed by atoms with E-state index in [0.717, 1.165) is 6.07 Å². The lowest BCUT2D eigenvalue weighted by Gasteiger charge is -2.13. The predicted molar refractivity (Wildman–Crippen MR) is 72.0 cm³/mol. The summed E-state index contributed by atoms with van der Waals surface area (Å²) in [7, 11) is 1.59. The zero-order valence-electron chi connectivity index (χ0n) is 11.7. The molecule has 112 valence electrons. The topological polar surface area (TPSA) is 67.8 Å². The van der Waals surface area contributed by atoms with E-state index in [-0.39, 0.29) is 18.3 Å². The van der Waals surface area contributed by atoms with Crippen molar-refractivity contribution in [3.8, 4) is 5.75 Å². The third kappa shape index (κ3) is 5.54. The van der Waals surface area contributed by atoms with Gasteiger partial charge in [-0.25, -0.2) is 4.39 Å². The first-order valence-electron chi connectivity index (χ1n) is 6.40. The minimum absolute atomic E-state index is 0.173. The number of aliphatic hydroxyl groups is 1. The standard InChI is InChI=1S/C14H20FNO4/c1-10(17)12-5-4-11(15)8-13(12)20-9-14(18)16-6-3-7-19-2/h4-5,8,10,17H,3,6-7,9H2,1-2H3,(H,16,18)/t10-/m0/s1. The molecule has 2 N–H and O–H groups in total. The van der Waals surface area contributed by atoms with Crippen molar-refractivity contribution in [3.05, 3.63) is 29.6 Å². The van der Waals surface area contributed by atoms with Gasteiger partial charge >= 0.3 is 0 Å². The number of carbonyl (C=O) groups excluding carboxylic acids is 1. The summed E-state index contributed by atoms with van der Waals surface area (Å²) in [4.78, 5) is 11.5. The van der Waals surface area contributed by atoms with Crippen LogP contribution in [0.3, 0.4) is 0 Å². The molecule has 0 heterocycles. The van der Waals surface area contributed by atoms with E-state index in [4.69, 9.17) is 9.47 Å².